The molecule has 0 saturated carbocycles. The van der Waals surface area contributed by atoms with Gasteiger partial charge in [-0.1, -0.05) is 54.6 Å². The highest BCUT2D eigenvalue weighted by Gasteiger charge is 2.21. The SMILES string of the molecule is Cc1cccc(COCC(C)(C)COCc2nc(-c3ccc(F)cc3)oc2C)c1C(=O)O.Cc1oc(-c2ccc(F)cc2)nc1CI. The van der Waals surface area contributed by atoms with E-state index in [0.29, 0.717) is 58.7 Å². The number of benzene rings is 3. The average molecular weight is 759 g/mol. The smallest absolute Gasteiger partial charge is 0.336 e. The van der Waals surface area contributed by atoms with Gasteiger partial charge in [-0.2, -0.15) is 0 Å². The van der Waals surface area contributed by atoms with E-state index in [0.717, 1.165) is 21.4 Å². The number of carboxylic acid groups (broad SMARTS) is 1. The van der Waals surface area contributed by atoms with Crippen LogP contribution >= 0.6 is 22.6 Å². The summed E-state index contributed by atoms with van der Waals surface area (Å²) in [5, 5.41) is 9.43. The quantitative estimate of drug-likeness (QED) is 0.0992. The topological polar surface area (TPSA) is 108 Å². The number of carboxylic acids is 1. The molecule has 2 aromatic heterocycles. The summed E-state index contributed by atoms with van der Waals surface area (Å²) in [5.41, 5.74) is 4.50. The number of hydrogen-bond donors (Lipinski definition) is 1. The highest BCUT2D eigenvalue weighted by molar-refractivity contribution is 14.1. The number of carbonyl (C=O) groups is 1. The molecule has 0 unspecified atom stereocenters. The maximum Gasteiger partial charge on any atom is 0.336 e. The van der Waals surface area contributed by atoms with Gasteiger partial charge >= 0.3 is 5.97 Å². The molecule has 3 aromatic carbocycles. The summed E-state index contributed by atoms with van der Waals surface area (Å²) in [4.78, 5) is 20.3. The molecule has 2 heterocycles. The number of aryl methyl sites for hydroxylation is 3. The summed E-state index contributed by atoms with van der Waals surface area (Å²) in [6.07, 6.45) is 0. The van der Waals surface area contributed by atoms with Crippen LogP contribution < -0.4 is 0 Å². The molecule has 0 bridgehead atoms. The lowest BCUT2D eigenvalue weighted by Crippen LogP contribution is -2.25. The van der Waals surface area contributed by atoms with E-state index < -0.39 is 5.97 Å². The van der Waals surface area contributed by atoms with E-state index >= 15 is 0 Å². The molecule has 0 amide bonds. The minimum atomic E-state index is -0.952. The van der Waals surface area contributed by atoms with E-state index in [1.807, 2.05) is 33.8 Å². The molecule has 0 saturated heterocycles. The van der Waals surface area contributed by atoms with Crippen molar-refractivity contribution in [2.45, 2.75) is 52.3 Å². The molecule has 248 valence electrons. The summed E-state index contributed by atoms with van der Waals surface area (Å²) < 4.78 is 49.5. The fourth-order valence-corrected chi connectivity index (χ4v) is 5.31. The summed E-state index contributed by atoms with van der Waals surface area (Å²) in [7, 11) is 0. The maximum absolute atomic E-state index is 13.1. The van der Waals surface area contributed by atoms with Crippen molar-refractivity contribution < 1.29 is 37.0 Å². The molecule has 0 radical (unpaired) electrons. The molecule has 8 nitrogen and oxygen atoms in total. The highest BCUT2D eigenvalue weighted by Crippen LogP contribution is 2.25. The molecule has 47 heavy (non-hydrogen) atoms. The van der Waals surface area contributed by atoms with Crippen molar-refractivity contribution in [3.05, 3.63) is 118 Å². The van der Waals surface area contributed by atoms with Crippen LogP contribution in [0, 0.1) is 37.8 Å². The molecule has 11 heteroatoms. The zero-order chi connectivity index (χ0) is 34.1. The molecule has 1 N–H and O–H groups in total. The Balaban J connectivity index is 0.000000277. The van der Waals surface area contributed by atoms with Gasteiger partial charge in [0.2, 0.25) is 11.8 Å². The van der Waals surface area contributed by atoms with E-state index in [4.69, 9.17) is 18.3 Å². The van der Waals surface area contributed by atoms with E-state index in [2.05, 4.69) is 32.6 Å². The normalized spacial score (nSPS) is 11.3. The second kappa shape index (κ2) is 16.2. The van der Waals surface area contributed by atoms with Crippen LogP contribution in [-0.2, 0) is 27.1 Å². The number of rotatable bonds is 12. The van der Waals surface area contributed by atoms with Gasteiger partial charge in [0, 0.05) is 21.0 Å². The first kappa shape index (κ1) is 35.9. The number of alkyl halides is 1. The second-order valence-corrected chi connectivity index (χ2v) is 12.5. The van der Waals surface area contributed by atoms with Gasteiger partial charge in [-0.15, -0.1) is 0 Å². The van der Waals surface area contributed by atoms with Gasteiger partial charge in [0.25, 0.3) is 0 Å². The van der Waals surface area contributed by atoms with E-state index in [1.165, 1.54) is 24.3 Å². The van der Waals surface area contributed by atoms with Crippen molar-refractivity contribution in [1.29, 1.82) is 0 Å². The Hall–Kier alpha value is -3.94. The Morgan fingerprint density at radius 1 is 0.787 bits per heavy atom. The first-order valence-corrected chi connectivity index (χ1v) is 16.4. The average Bonchev–Trinajstić information content (AvgIpc) is 3.59. The van der Waals surface area contributed by atoms with Crippen molar-refractivity contribution in [2.24, 2.45) is 5.41 Å². The molecule has 0 aliphatic rings. The van der Waals surface area contributed by atoms with Crippen LogP contribution in [0.5, 0.6) is 0 Å². The largest absolute Gasteiger partial charge is 0.478 e. The van der Waals surface area contributed by atoms with Crippen LogP contribution in [0.1, 0.15) is 58.2 Å². The van der Waals surface area contributed by atoms with Gasteiger partial charge < -0.3 is 23.4 Å². The summed E-state index contributed by atoms with van der Waals surface area (Å²) in [6.45, 7) is 10.8. The van der Waals surface area contributed by atoms with Gasteiger partial charge in [0.05, 0.1) is 37.7 Å². The third-order valence-electron chi connectivity index (χ3n) is 7.15. The van der Waals surface area contributed by atoms with Crippen molar-refractivity contribution in [2.75, 3.05) is 13.2 Å². The van der Waals surface area contributed by atoms with Crippen LogP contribution in [0.15, 0.2) is 75.6 Å². The van der Waals surface area contributed by atoms with Crippen molar-refractivity contribution >= 4 is 28.6 Å². The lowest BCUT2D eigenvalue weighted by Gasteiger charge is -2.24. The molecule has 0 atom stereocenters. The number of nitrogens with zero attached hydrogens (tertiary/aromatic N) is 2. The monoisotopic (exact) mass is 758 g/mol. The van der Waals surface area contributed by atoms with Gasteiger partial charge in [0.15, 0.2) is 0 Å². The van der Waals surface area contributed by atoms with Crippen LogP contribution in [0.3, 0.4) is 0 Å². The fraction of sp³-hybridized carbons (Fsp3) is 0.306. The van der Waals surface area contributed by atoms with Gasteiger partial charge in [-0.05, 0) is 80.4 Å². The zero-order valence-corrected chi connectivity index (χ0v) is 29.1. The maximum atomic E-state index is 13.1. The van der Waals surface area contributed by atoms with Gasteiger partial charge in [-0.3, -0.25) is 0 Å². The zero-order valence-electron chi connectivity index (χ0n) is 26.9. The Kier molecular flexibility index (Phi) is 12.4. The second-order valence-electron chi connectivity index (χ2n) is 11.8. The standard InChI is InChI=1S/C25H28FNO5.C11H9FINO/c1-16-6-5-7-19(22(16)24(28)29)12-30-14-25(3,4)15-31-13-21-17(2)32-23(27-21)18-8-10-20(26)11-9-18;1-7-10(6-13)14-11(15-7)8-2-4-9(12)5-3-8/h5-11H,12-15H2,1-4H3,(H,28,29);2-5H,6H2,1H3. The molecule has 5 aromatic rings. The fourth-order valence-electron chi connectivity index (χ4n) is 4.60. The Labute approximate surface area is 286 Å². The first-order valence-electron chi connectivity index (χ1n) is 14.8. The highest BCUT2D eigenvalue weighted by atomic mass is 127. The van der Waals surface area contributed by atoms with Gasteiger partial charge in [-0.25, -0.2) is 23.5 Å². The number of aromatic nitrogens is 2. The number of hydrogen-bond acceptors (Lipinski definition) is 7. The summed E-state index contributed by atoms with van der Waals surface area (Å²) in [6, 6.07) is 17.5. The van der Waals surface area contributed by atoms with Crippen LogP contribution in [0.4, 0.5) is 8.78 Å². The van der Waals surface area contributed by atoms with Crippen LogP contribution in [-0.4, -0.2) is 34.3 Å². The van der Waals surface area contributed by atoms with Crippen LogP contribution in [0.25, 0.3) is 22.9 Å². The molecule has 0 fully saturated rings. The van der Waals surface area contributed by atoms with Crippen molar-refractivity contribution in [1.82, 2.24) is 9.97 Å². The van der Waals surface area contributed by atoms with E-state index in [1.54, 1.807) is 43.3 Å². The molecule has 0 spiro atoms. The van der Waals surface area contributed by atoms with Crippen molar-refractivity contribution in [3.63, 3.8) is 0 Å². The third-order valence-corrected chi connectivity index (χ3v) is 7.87. The third kappa shape index (κ3) is 10.0. The number of aromatic carboxylic acids is 1. The predicted octanol–water partition coefficient (Wildman–Crippen LogP) is 9.28. The minimum absolute atomic E-state index is 0.218. The first-order chi connectivity index (χ1) is 22.4. The van der Waals surface area contributed by atoms with Crippen molar-refractivity contribution in [3.8, 4) is 22.9 Å². The Morgan fingerprint density at radius 3 is 1.77 bits per heavy atom. The molecular weight excluding hydrogens is 721 g/mol. The number of ether oxygens (including phenoxy) is 2. The lowest BCUT2D eigenvalue weighted by molar-refractivity contribution is -0.0153. The van der Waals surface area contributed by atoms with E-state index in [9.17, 15) is 18.7 Å². The molecular formula is C36H37F2IN2O6. The minimum Gasteiger partial charge on any atom is -0.478 e. The number of halogens is 3. The molecule has 0 aliphatic heterocycles. The lowest BCUT2D eigenvalue weighted by atomic mass is 9.96. The summed E-state index contributed by atoms with van der Waals surface area (Å²) in [5.74, 6) is 0.938. The predicted molar refractivity (Wildman–Crippen MR) is 182 cm³/mol. The van der Waals surface area contributed by atoms with E-state index in [-0.39, 0.29) is 30.3 Å². The molecule has 0 aliphatic carbocycles. The molecule has 5 rings (SSSR count). The van der Waals surface area contributed by atoms with Gasteiger partial charge in [0.1, 0.15) is 28.8 Å². The number of oxazole rings is 2. The summed E-state index contributed by atoms with van der Waals surface area (Å²) >= 11 is 2.23. The Bertz CT molecular complexity index is 1780. The Morgan fingerprint density at radius 2 is 1.28 bits per heavy atom. The van der Waals surface area contributed by atoms with Crippen LogP contribution in [0.2, 0.25) is 0 Å².